The minimum Gasteiger partial charge on any atom is -0.497 e. The quantitative estimate of drug-likeness (QED) is 0.564. The molecule has 3 amide bonds. The van der Waals surface area contributed by atoms with Crippen LogP contribution in [0, 0.1) is 5.92 Å². The van der Waals surface area contributed by atoms with Crippen LogP contribution in [-0.2, 0) is 6.54 Å². The van der Waals surface area contributed by atoms with Crippen molar-refractivity contribution in [3.8, 4) is 5.75 Å². The molecule has 1 aromatic heterocycles. The number of rotatable bonds is 4. The Balaban J connectivity index is 1.38. The highest BCUT2D eigenvalue weighted by molar-refractivity contribution is 6.30. The van der Waals surface area contributed by atoms with Crippen LogP contribution in [0.15, 0.2) is 65.5 Å². The maximum Gasteiger partial charge on any atom is 0.323 e. The predicted octanol–water partition coefficient (Wildman–Crippen LogP) is 4.41. The summed E-state index contributed by atoms with van der Waals surface area (Å²) in [7, 11) is 1.59. The summed E-state index contributed by atoms with van der Waals surface area (Å²) in [4.78, 5) is 40.5. The molecule has 2 aliphatic heterocycles. The molecule has 0 spiro atoms. The number of aromatic nitrogens is 1. The topological polar surface area (TPSA) is 92.7 Å². The van der Waals surface area contributed by atoms with Gasteiger partial charge in [-0.05, 0) is 66.9 Å². The molecule has 3 aromatic rings. The van der Waals surface area contributed by atoms with Gasteiger partial charge in [-0.2, -0.15) is 0 Å². The molecule has 0 saturated carbocycles. The normalized spacial score (nSPS) is 18.4. The van der Waals surface area contributed by atoms with E-state index in [2.05, 4.69) is 10.6 Å². The number of carbonyl (C=O) groups excluding carboxylic acids is 2. The SMILES string of the molecule is COc1ccc(C(=O)N2CC3CC(C2)c2c(NC(=O)Nc4ccc(Cl)cc4)ccc(=O)n2C3)cc1. The minimum atomic E-state index is -0.419. The number of piperidine rings is 1. The van der Waals surface area contributed by atoms with Gasteiger partial charge in [0, 0.05) is 53.6 Å². The number of likely N-dealkylation sites (tertiary alicyclic amines) is 1. The number of hydrogen-bond donors (Lipinski definition) is 2. The van der Waals surface area contributed by atoms with Crippen LogP contribution in [0.5, 0.6) is 5.75 Å². The number of hydrogen-bond acceptors (Lipinski definition) is 4. The van der Waals surface area contributed by atoms with E-state index >= 15 is 0 Å². The highest BCUT2D eigenvalue weighted by Gasteiger charge is 2.38. The molecule has 1 fully saturated rings. The van der Waals surface area contributed by atoms with E-state index in [-0.39, 0.29) is 23.3 Å². The standard InChI is InChI=1S/C26H25ClN4O4/c1-35-21-8-2-17(3-9-21)25(33)30-13-16-12-18(15-30)24-22(10-11-23(32)31(24)14-16)29-26(34)28-20-6-4-19(27)5-7-20/h2-11,16,18H,12-15H2,1H3,(H2,28,29,34). The molecule has 2 atom stereocenters. The Morgan fingerprint density at radius 1 is 0.943 bits per heavy atom. The van der Waals surface area contributed by atoms with Crippen LogP contribution >= 0.6 is 11.6 Å². The highest BCUT2D eigenvalue weighted by atomic mass is 35.5. The number of pyridine rings is 1. The van der Waals surface area contributed by atoms with Crippen molar-refractivity contribution < 1.29 is 14.3 Å². The Morgan fingerprint density at radius 2 is 1.69 bits per heavy atom. The van der Waals surface area contributed by atoms with Crippen LogP contribution in [0.2, 0.25) is 5.02 Å². The van der Waals surface area contributed by atoms with E-state index in [1.54, 1.807) is 66.3 Å². The molecule has 0 radical (unpaired) electrons. The van der Waals surface area contributed by atoms with Crippen molar-refractivity contribution in [3.63, 3.8) is 0 Å². The molecule has 2 aromatic carbocycles. The molecule has 8 nitrogen and oxygen atoms in total. The van der Waals surface area contributed by atoms with Crippen LogP contribution in [0.1, 0.15) is 28.4 Å². The maximum absolute atomic E-state index is 13.2. The first-order valence-corrected chi connectivity index (χ1v) is 11.8. The minimum absolute atomic E-state index is 0.0518. The zero-order chi connectivity index (χ0) is 24.5. The Kier molecular flexibility index (Phi) is 6.21. The third-order valence-electron chi connectivity index (χ3n) is 6.56. The van der Waals surface area contributed by atoms with E-state index in [0.29, 0.717) is 47.3 Å². The van der Waals surface area contributed by atoms with Gasteiger partial charge in [-0.3, -0.25) is 9.59 Å². The third kappa shape index (κ3) is 4.74. The fourth-order valence-corrected chi connectivity index (χ4v) is 5.15. The lowest BCUT2D eigenvalue weighted by atomic mass is 9.82. The van der Waals surface area contributed by atoms with Crippen LogP contribution in [0.4, 0.5) is 16.2 Å². The van der Waals surface area contributed by atoms with Gasteiger partial charge in [0.1, 0.15) is 5.75 Å². The van der Waals surface area contributed by atoms with E-state index in [1.807, 2.05) is 4.90 Å². The zero-order valence-corrected chi connectivity index (χ0v) is 19.9. The average molecular weight is 493 g/mol. The van der Waals surface area contributed by atoms with Crippen molar-refractivity contribution >= 4 is 34.9 Å². The van der Waals surface area contributed by atoms with E-state index in [1.165, 1.54) is 6.07 Å². The largest absolute Gasteiger partial charge is 0.497 e. The summed E-state index contributed by atoms with van der Waals surface area (Å²) in [5, 5.41) is 6.25. The molecule has 35 heavy (non-hydrogen) atoms. The third-order valence-corrected chi connectivity index (χ3v) is 6.82. The summed E-state index contributed by atoms with van der Waals surface area (Å²) in [6.07, 6.45) is 0.851. The summed E-state index contributed by atoms with van der Waals surface area (Å²) in [5.74, 6) is 0.741. The number of benzene rings is 2. The number of ether oxygens (including phenoxy) is 1. The number of nitrogens with zero attached hydrogens (tertiary/aromatic N) is 2. The summed E-state index contributed by atoms with van der Waals surface area (Å²) >= 11 is 5.91. The molecule has 2 unspecified atom stereocenters. The summed E-state index contributed by atoms with van der Waals surface area (Å²) in [6, 6.07) is 16.6. The lowest BCUT2D eigenvalue weighted by Gasteiger charge is -2.43. The molecule has 180 valence electrons. The molecule has 2 bridgehead atoms. The second kappa shape index (κ2) is 9.46. The number of methoxy groups -OCH3 is 1. The summed E-state index contributed by atoms with van der Waals surface area (Å²) in [6.45, 7) is 1.56. The molecule has 2 N–H and O–H groups in total. The van der Waals surface area contributed by atoms with Crippen LogP contribution in [0.3, 0.4) is 0 Å². The fourth-order valence-electron chi connectivity index (χ4n) is 5.02. The predicted molar refractivity (Wildman–Crippen MR) is 135 cm³/mol. The molecule has 5 rings (SSSR count). The second-order valence-electron chi connectivity index (χ2n) is 8.90. The van der Waals surface area contributed by atoms with Gasteiger partial charge in [0.2, 0.25) is 0 Å². The first kappa shape index (κ1) is 23.0. The van der Waals surface area contributed by atoms with E-state index in [9.17, 15) is 14.4 Å². The van der Waals surface area contributed by atoms with Crippen molar-refractivity contribution in [2.24, 2.45) is 5.92 Å². The number of urea groups is 1. The zero-order valence-electron chi connectivity index (χ0n) is 19.2. The van der Waals surface area contributed by atoms with E-state index < -0.39 is 6.03 Å². The molecule has 3 heterocycles. The Morgan fingerprint density at radius 3 is 2.40 bits per heavy atom. The molecule has 0 aliphatic carbocycles. The van der Waals surface area contributed by atoms with Gasteiger partial charge < -0.3 is 24.8 Å². The fraction of sp³-hybridized carbons (Fsp3) is 0.269. The van der Waals surface area contributed by atoms with Crippen molar-refractivity contribution in [1.82, 2.24) is 9.47 Å². The molecular weight excluding hydrogens is 468 g/mol. The monoisotopic (exact) mass is 492 g/mol. The number of halogens is 1. The van der Waals surface area contributed by atoms with Gasteiger partial charge in [0.25, 0.3) is 11.5 Å². The first-order valence-electron chi connectivity index (χ1n) is 11.4. The second-order valence-corrected chi connectivity index (χ2v) is 9.34. The van der Waals surface area contributed by atoms with Crippen LogP contribution in [-0.4, -0.2) is 41.6 Å². The van der Waals surface area contributed by atoms with Crippen molar-refractivity contribution in [1.29, 1.82) is 0 Å². The first-order chi connectivity index (χ1) is 16.9. The number of fused-ring (bicyclic) bond motifs is 4. The van der Waals surface area contributed by atoms with E-state index in [4.69, 9.17) is 16.3 Å². The molecule has 1 saturated heterocycles. The van der Waals surface area contributed by atoms with Gasteiger partial charge in [0.15, 0.2) is 0 Å². The number of anilines is 2. The maximum atomic E-state index is 13.2. The van der Waals surface area contributed by atoms with Gasteiger partial charge in [-0.1, -0.05) is 11.6 Å². The highest BCUT2D eigenvalue weighted by Crippen LogP contribution is 2.39. The van der Waals surface area contributed by atoms with Gasteiger partial charge in [-0.25, -0.2) is 4.79 Å². The number of carbonyl (C=O) groups is 2. The van der Waals surface area contributed by atoms with E-state index in [0.717, 1.165) is 12.1 Å². The number of amides is 3. The number of nitrogens with one attached hydrogen (secondary N) is 2. The Labute approximate surface area is 207 Å². The molecule has 9 heteroatoms. The van der Waals surface area contributed by atoms with Gasteiger partial charge in [0.05, 0.1) is 12.8 Å². The summed E-state index contributed by atoms with van der Waals surface area (Å²) < 4.78 is 6.93. The Hall–Kier alpha value is -3.78. The van der Waals surface area contributed by atoms with Crippen LogP contribution < -0.4 is 20.9 Å². The summed E-state index contributed by atoms with van der Waals surface area (Å²) in [5.41, 5.74) is 2.42. The van der Waals surface area contributed by atoms with Crippen molar-refractivity contribution in [2.75, 3.05) is 30.8 Å². The lowest BCUT2D eigenvalue weighted by Crippen LogP contribution is -2.49. The molecule has 2 aliphatic rings. The van der Waals surface area contributed by atoms with Crippen molar-refractivity contribution in [3.05, 3.63) is 87.3 Å². The lowest BCUT2D eigenvalue weighted by molar-refractivity contribution is 0.0595. The molecular formula is C26H25ClN4O4. The van der Waals surface area contributed by atoms with Gasteiger partial charge in [-0.15, -0.1) is 0 Å². The van der Waals surface area contributed by atoms with Crippen LogP contribution in [0.25, 0.3) is 0 Å². The Bertz CT molecular complexity index is 1320. The average Bonchev–Trinajstić information content (AvgIpc) is 2.86. The van der Waals surface area contributed by atoms with Gasteiger partial charge >= 0.3 is 6.03 Å². The smallest absolute Gasteiger partial charge is 0.323 e. The van der Waals surface area contributed by atoms with Crippen molar-refractivity contribution in [2.45, 2.75) is 18.9 Å².